The Morgan fingerprint density at radius 3 is 2.62 bits per heavy atom. The third-order valence-electron chi connectivity index (χ3n) is 2.92. The number of carbonyl (C=O) groups is 1. The second-order valence-electron chi connectivity index (χ2n) is 4.32. The summed E-state index contributed by atoms with van der Waals surface area (Å²) in [4.78, 5) is 26.4. The van der Waals surface area contributed by atoms with E-state index in [4.69, 9.17) is 0 Å². The van der Waals surface area contributed by atoms with Crippen molar-refractivity contribution in [2.45, 2.75) is 6.54 Å². The van der Waals surface area contributed by atoms with Crippen LogP contribution in [0.1, 0.15) is 16.1 Å². The maximum Gasteiger partial charge on any atom is 0.278 e. The molecular formula is C15H12N4OS. The Labute approximate surface area is 125 Å². The summed E-state index contributed by atoms with van der Waals surface area (Å²) >= 11 is 1.61. The number of rotatable bonds is 4. The maximum absolute atomic E-state index is 12.7. The molecule has 0 bridgehead atoms. The highest BCUT2D eigenvalue weighted by molar-refractivity contribution is 7.07. The molecule has 0 fully saturated rings. The quantitative estimate of drug-likeness (QED) is 0.743. The second kappa shape index (κ2) is 6.23. The number of nitrogens with zero attached hydrogens (tertiary/aromatic N) is 4. The Kier molecular flexibility index (Phi) is 3.97. The molecule has 0 atom stereocenters. The number of pyridine rings is 1. The molecule has 5 nitrogen and oxygen atoms in total. The van der Waals surface area contributed by atoms with Crippen molar-refractivity contribution in [3.63, 3.8) is 0 Å². The molecule has 3 rings (SSSR count). The molecular weight excluding hydrogens is 284 g/mol. The van der Waals surface area contributed by atoms with E-state index < -0.39 is 0 Å². The lowest BCUT2D eigenvalue weighted by molar-refractivity contribution is 0.0980. The van der Waals surface area contributed by atoms with Crippen molar-refractivity contribution >= 4 is 22.9 Å². The molecule has 21 heavy (non-hydrogen) atoms. The lowest BCUT2D eigenvalue weighted by atomic mass is 10.2. The number of amides is 1. The van der Waals surface area contributed by atoms with Gasteiger partial charge in [-0.3, -0.25) is 14.8 Å². The zero-order valence-electron chi connectivity index (χ0n) is 11.1. The Morgan fingerprint density at radius 2 is 1.95 bits per heavy atom. The largest absolute Gasteiger partial charge is 0.302 e. The highest BCUT2D eigenvalue weighted by Crippen LogP contribution is 2.19. The van der Waals surface area contributed by atoms with Crippen molar-refractivity contribution in [3.8, 4) is 0 Å². The van der Waals surface area contributed by atoms with E-state index in [1.54, 1.807) is 47.0 Å². The van der Waals surface area contributed by atoms with Gasteiger partial charge < -0.3 is 4.90 Å². The molecule has 0 aliphatic rings. The van der Waals surface area contributed by atoms with Crippen LogP contribution in [0.5, 0.6) is 0 Å². The Bertz CT molecular complexity index is 701. The van der Waals surface area contributed by atoms with Gasteiger partial charge in [0.05, 0.1) is 12.7 Å². The number of aromatic nitrogens is 3. The third kappa shape index (κ3) is 3.11. The normalized spacial score (nSPS) is 10.3. The first-order valence-corrected chi connectivity index (χ1v) is 7.28. The van der Waals surface area contributed by atoms with E-state index in [9.17, 15) is 4.79 Å². The van der Waals surface area contributed by atoms with Gasteiger partial charge in [-0.15, -0.1) is 0 Å². The average Bonchev–Trinajstić information content (AvgIpc) is 3.07. The van der Waals surface area contributed by atoms with Gasteiger partial charge in [0.15, 0.2) is 0 Å². The van der Waals surface area contributed by atoms with Gasteiger partial charge in [-0.05, 0) is 34.5 Å². The van der Waals surface area contributed by atoms with E-state index in [1.807, 2.05) is 16.8 Å². The Balaban J connectivity index is 1.94. The monoisotopic (exact) mass is 296 g/mol. The van der Waals surface area contributed by atoms with Crippen molar-refractivity contribution in [1.82, 2.24) is 15.0 Å². The van der Waals surface area contributed by atoms with Crippen LogP contribution in [0.2, 0.25) is 0 Å². The van der Waals surface area contributed by atoms with Gasteiger partial charge in [0.2, 0.25) is 0 Å². The Hall–Kier alpha value is -2.60. The topological polar surface area (TPSA) is 59.0 Å². The number of thiophene rings is 1. The molecule has 3 aromatic rings. The molecule has 0 saturated carbocycles. The van der Waals surface area contributed by atoms with Gasteiger partial charge in [0.1, 0.15) is 5.69 Å². The minimum atomic E-state index is -0.180. The van der Waals surface area contributed by atoms with Crippen LogP contribution in [0, 0.1) is 0 Å². The minimum absolute atomic E-state index is 0.180. The lowest BCUT2D eigenvalue weighted by Gasteiger charge is -2.21. The first-order valence-electron chi connectivity index (χ1n) is 6.33. The summed E-state index contributed by atoms with van der Waals surface area (Å²) in [6.45, 7) is 0.489. The predicted molar refractivity (Wildman–Crippen MR) is 81.1 cm³/mol. The second-order valence-corrected chi connectivity index (χ2v) is 5.10. The van der Waals surface area contributed by atoms with E-state index in [0.29, 0.717) is 12.2 Å². The molecule has 0 radical (unpaired) electrons. The SMILES string of the molecule is O=C(c1cnccn1)N(Cc1ccsc1)c1ccncc1. The summed E-state index contributed by atoms with van der Waals surface area (Å²) in [5.41, 5.74) is 2.19. The molecule has 1 amide bonds. The van der Waals surface area contributed by atoms with E-state index in [-0.39, 0.29) is 5.91 Å². The standard InChI is InChI=1S/C15H12N4OS/c20-15(14-9-17-6-7-18-14)19(10-12-3-8-21-11-12)13-1-4-16-5-2-13/h1-9,11H,10H2. The van der Waals surface area contributed by atoms with Gasteiger partial charge in [-0.25, -0.2) is 4.98 Å². The summed E-state index contributed by atoms with van der Waals surface area (Å²) in [7, 11) is 0. The van der Waals surface area contributed by atoms with Crippen LogP contribution in [-0.2, 0) is 6.54 Å². The van der Waals surface area contributed by atoms with Crippen molar-refractivity contribution in [2.75, 3.05) is 4.90 Å². The summed E-state index contributed by atoms with van der Waals surface area (Å²) < 4.78 is 0. The van der Waals surface area contributed by atoms with Crippen LogP contribution in [0.3, 0.4) is 0 Å². The minimum Gasteiger partial charge on any atom is -0.302 e. The number of hydrogen-bond acceptors (Lipinski definition) is 5. The Morgan fingerprint density at radius 1 is 1.10 bits per heavy atom. The van der Waals surface area contributed by atoms with Crippen molar-refractivity contribution in [1.29, 1.82) is 0 Å². The summed E-state index contributed by atoms with van der Waals surface area (Å²) in [6.07, 6.45) is 7.87. The first kappa shape index (κ1) is 13.4. The highest BCUT2D eigenvalue weighted by Gasteiger charge is 2.19. The third-order valence-corrected chi connectivity index (χ3v) is 3.65. The molecule has 0 aliphatic heterocycles. The van der Waals surface area contributed by atoms with Crippen LogP contribution < -0.4 is 4.90 Å². The van der Waals surface area contributed by atoms with Gasteiger partial charge >= 0.3 is 0 Å². The van der Waals surface area contributed by atoms with Crippen molar-refractivity contribution in [3.05, 3.63) is 71.2 Å². The zero-order valence-corrected chi connectivity index (χ0v) is 11.9. The van der Waals surface area contributed by atoms with Crippen LogP contribution in [0.25, 0.3) is 0 Å². The molecule has 6 heteroatoms. The van der Waals surface area contributed by atoms with E-state index in [0.717, 1.165) is 11.3 Å². The van der Waals surface area contributed by atoms with E-state index in [2.05, 4.69) is 15.0 Å². The molecule has 0 unspecified atom stereocenters. The van der Waals surface area contributed by atoms with Gasteiger partial charge in [0.25, 0.3) is 5.91 Å². The predicted octanol–water partition coefficient (Wildman–Crippen LogP) is 2.78. The van der Waals surface area contributed by atoms with Crippen molar-refractivity contribution in [2.24, 2.45) is 0 Å². The highest BCUT2D eigenvalue weighted by atomic mass is 32.1. The first-order chi connectivity index (χ1) is 10.3. The molecule has 0 N–H and O–H groups in total. The fourth-order valence-corrected chi connectivity index (χ4v) is 2.58. The van der Waals surface area contributed by atoms with E-state index in [1.165, 1.54) is 12.4 Å². The fraction of sp³-hybridized carbons (Fsp3) is 0.0667. The van der Waals surface area contributed by atoms with Crippen LogP contribution >= 0.6 is 11.3 Å². The molecule has 0 spiro atoms. The molecule has 0 aromatic carbocycles. The zero-order chi connectivity index (χ0) is 14.5. The lowest BCUT2D eigenvalue weighted by Crippen LogP contribution is -2.31. The maximum atomic E-state index is 12.7. The molecule has 3 heterocycles. The average molecular weight is 296 g/mol. The van der Waals surface area contributed by atoms with Crippen molar-refractivity contribution < 1.29 is 4.79 Å². The van der Waals surface area contributed by atoms with E-state index >= 15 is 0 Å². The van der Waals surface area contributed by atoms with Gasteiger partial charge in [0, 0.05) is 30.5 Å². The van der Waals surface area contributed by atoms with Crippen LogP contribution in [0.4, 0.5) is 5.69 Å². The summed E-state index contributed by atoms with van der Waals surface area (Å²) in [5.74, 6) is -0.180. The number of anilines is 1. The van der Waals surface area contributed by atoms with Crippen LogP contribution in [-0.4, -0.2) is 20.9 Å². The summed E-state index contributed by atoms with van der Waals surface area (Å²) in [6, 6.07) is 5.62. The van der Waals surface area contributed by atoms with Crippen LogP contribution in [0.15, 0.2) is 59.9 Å². The number of hydrogen-bond donors (Lipinski definition) is 0. The van der Waals surface area contributed by atoms with Gasteiger partial charge in [-0.2, -0.15) is 11.3 Å². The molecule has 0 saturated heterocycles. The smallest absolute Gasteiger partial charge is 0.278 e. The van der Waals surface area contributed by atoms with Gasteiger partial charge in [-0.1, -0.05) is 0 Å². The molecule has 104 valence electrons. The molecule has 0 aliphatic carbocycles. The fourth-order valence-electron chi connectivity index (χ4n) is 1.92. The molecule has 3 aromatic heterocycles. The summed E-state index contributed by atoms with van der Waals surface area (Å²) in [5, 5.41) is 4.02. The number of carbonyl (C=O) groups excluding carboxylic acids is 1.